The van der Waals surface area contributed by atoms with Gasteiger partial charge in [-0.1, -0.05) is 54.6 Å². The zero-order valence-corrected chi connectivity index (χ0v) is 47.6. The topological polar surface area (TPSA) is 38.5 Å². The second-order valence-corrected chi connectivity index (χ2v) is 24.2. The van der Waals surface area contributed by atoms with E-state index < -0.39 is 29.9 Å². The van der Waals surface area contributed by atoms with Crippen LogP contribution in [0.25, 0.3) is 55.8 Å². The van der Waals surface area contributed by atoms with Crippen LogP contribution in [0.4, 0.5) is 22.9 Å². The van der Waals surface area contributed by atoms with Crippen LogP contribution in [-0.2, 0) is 36.6 Å². The Morgan fingerprint density at radius 1 is 0.584 bits per heavy atom. The molecule has 0 radical (unpaired) electrons. The summed E-state index contributed by atoms with van der Waals surface area (Å²) in [5.74, 6) is 0.868. The van der Waals surface area contributed by atoms with Crippen LogP contribution < -0.4 is 19.8 Å². The molecule has 0 fully saturated rings. The van der Waals surface area contributed by atoms with Gasteiger partial charge in [0.2, 0.25) is 0 Å². The van der Waals surface area contributed by atoms with Crippen LogP contribution in [0, 0.1) is 15.1 Å². The molecule has 0 aliphatic carbocycles. The summed E-state index contributed by atoms with van der Waals surface area (Å²) in [4.78, 5) is 9.88. The number of fused-ring (bicyclic) bond motifs is 9. The summed E-state index contributed by atoms with van der Waals surface area (Å²) in [6, 6.07) is 55.8. The van der Waals surface area contributed by atoms with Crippen LogP contribution in [0.2, 0.25) is 0 Å². The molecule has 0 unspecified atom stereocenters. The van der Waals surface area contributed by atoms with Gasteiger partial charge in [-0.3, -0.25) is 0 Å². The maximum atomic E-state index is 9.55. The van der Waals surface area contributed by atoms with Gasteiger partial charge in [0.1, 0.15) is 0 Å². The Kier molecular flexibility index (Phi) is 10.6. The number of pyridine rings is 1. The fraction of sp³-hybridized carbons (Fsp3) is 0.217. The minimum atomic E-state index is -1.76. The van der Waals surface area contributed by atoms with Gasteiger partial charge in [-0.2, -0.15) is 0 Å². The first-order valence-electron chi connectivity index (χ1n) is 30.0. The van der Waals surface area contributed by atoms with E-state index in [-0.39, 0.29) is 47.3 Å². The van der Waals surface area contributed by atoms with E-state index in [1.165, 1.54) is 0 Å². The van der Waals surface area contributed by atoms with Crippen LogP contribution in [0.1, 0.15) is 95.5 Å². The molecule has 0 bridgehead atoms. The molecular formula is C69H66BN5OPt. The molecule has 4 heterocycles. The standard InChI is InChI=1S/C69H66BN5O.Pt/c1-46(2)39-47-40-64(75-63-34-21-20-33-62(63)74-59-30-17-15-28-55(59)54-27-14-16-29-58(54)70(74)75)71-65(41-47)76-53-26-22-25-52(44-53)72-45-73(61-32-19-18-31-60(61)72)66-56(48-23-12-11-13-24-48)42-51(69(9,10)68(6,7)8)43-57(66)49-35-37-50(38-36-49)67(3,4)5;/h11-38,40-44,46H,39H2,1-10H3;/i11D,12D,13D,23D,24D,39D2;. The summed E-state index contributed by atoms with van der Waals surface area (Å²) in [5.41, 5.74) is 13.6. The number of benzene rings is 8. The molecular weight excluding hydrogens is 1120 g/mol. The van der Waals surface area contributed by atoms with Crippen molar-refractivity contribution in [3.63, 3.8) is 0 Å². The SMILES string of the molecule is [2H]c1c([2H])c([2H])c(-c2cc(C(C)(C)C(C)(C)C)cc(-c3ccc(C(C)(C)C)cc3)c2-n2[c](=[Pt])n(-c3cccc(Oc4cc(C([2H])([2H])C(C)C)cc(N5B6c7ccccc7-c7ccccc7N6c6ccccc65)n4)c3)c3ccccc32)c([2H])c1[2H]. The molecule has 77 heavy (non-hydrogen) atoms. The van der Waals surface area contributed by atoms with Crippen molar-refractivity contribution < 1.29 is 33.7 Å². The fourth-order valence-corrected chi connectivity index (χ4v) is 12.1. The van der Waals surface area contributed by atoms with Gasteiger partial charge >= 0.3 is 395 Å². The third-order valence-electron chi connectivity index (χ3n) is 15.8. The molecule has 386 valence electrons. The maximum absolute atomic E-state index is 9.55. The number of hydrogen-bond donors (Lipinski definition) is 0. The van der Waals surface area contributed by atoms with Gasteiger partial charge in [0.15, 0.2) is 0 Å². The Morgan fingerprint density at radius 2 is 1.19 bits per heavy atom. The van der Waals surface area contributed by atoms with Crippen LogP contribution in [-0.4, -0.2) is 21.1 Å². The van der Waals surface area contributed by atoms with Gasteiger partial charge in [-0.15, -0.1) is 0 Å². The average Bonchev–Trinajstić information content (AvgIpc) is 1.61. The molecule has 2 aromatic heterocycles. The summed E-state index contributed by atoms with van der Waals surface area (Å²) >= 11 is 2.36. The van der Waals surface area contributed by atoms with Crippen molar-refractivity contribution in [1.82, 2.24) is 14.1 Å². The van der Waals surface area contributed by atoms with Crippen molar-refractivity contribution in [2.45, 2.75) is 86.4 Å². The van der Waals surface area contributed by atoms with E-state index in [0.717, 1.165) is 76.4 Å². The third kappa shape index (κ3) is 8.81. The fourth-order valence-electron chi connectivity index (χ4n) is 11.0. The number of para-hydroxylation sites is 5. The van der Waals surface area contributed by atoms with Crippen LogP contribution in [0.5, 0.6) is 11.6 Å². The molecule has 0 saturated heterocycles. The van der Waals surface area contributed by atoms with Crippen LogP contribution in [0.3, 0.4) is 0 Å². The van der Waals surface area contributed by atoms with Gasteiger partial charge in [0.25, 0.3) is 0 Å². The molecule has 12 rings (SSSR count). The van der Waals surface area contributed by atoms with Crippen LogP contribution in [0.15, 0.2) is 200 Å². The predicted octanol–water partition coefficient (Wildman–Crippen LogP) is 17.5. The van der Waals surface area contributed by atoms with E-state index >= 15 is 0 Å². The minimum absolute atomic E-state index is 0.115. The van der Waals surface area contributed by atoms with Crippen LogP contribution >= 0.6 is 0 Å². The molecule has 2 aliphatic heterocycles. The quantitative estimate of drug-likeness (QED) is 0.128. The Labute approximate surface area is 476 Å². The number of aromatic nitrogens is 3. The van der Waals surface area contributed by atoms with Gasteiger partial charge < -0.3 is 0 Å². The molecule has 10 aromatic rings. The zero-order valence-electron chi connectivity index (χ0n) is 52.3. The summed E-state index contributed by atoms with van der Waals surface area (Å²) in [5, 5.41) is 0. The molecule has 8 heteroatoms. The normalized spacial score (nSPS) is 14.7. The molecule has 0 amide bonds. The van der Waals surface area contributed by atoms with Gasteiger partial charge in [-0.25, -0.2) is 0 Å². The zero-order chi connectivity index (χ0) is 59.7. The van der Waals surface area contributed by atoms with Crippen molar-refractivity contribution in [3.8, 4) is 56.4 Å². The van der Waals surface area contributed by atoms with E-state index in [0.29, 0.717) is 28.4 Å². The summed E-state index contributed by atoms with van der Waals surface area (Å²) in [6.07, 6.45) is -1.76. The van der Waals surface area contributed by atoms with Crippen molar-refractivity contribution >= 4 is 46.4 Å². The molecule has 2 aliphatic rings. The number of nitrogens with zero attached hydrogens (tertiary/aromatic N) is 5. The monoisotopic (exact) mass is 1190 g/mol. The summed E-state index contributed by atoms with van der Waals surface area (Å²) in [7, 11) is 0. The van der Waals surface area contributed by atoms with E-state index in [9.17, 15) is 5.48 Å². The van der Waals surface area contributed by atoms with E-state index in [2.05, 4.69) is 203 Å². The van der Waals surface area contributed by atoms with Gasteiger partial charge in [0.05, 0.1) is 0 Å². The second kappa shape index (κ2) is 19.2. The van der Waals surface area contributed by atoms with E-state index in [1.54, 1.807) is 6.07 Å². The molecule has 0 atom stereocenters. The first-order chi connectivity index (χ1) is 39.8. The van der Waals surface area contributed by atoms with E-state index in [4.69, 9.17) is 13.8 Å². The second-order valence-electron chi connectivity index (χ2n) is 23.2. The van der Waals surface area contributed by atoms with Gasteiger partial charge in [0, 0.05) is 11.3 Å². The number of rotatable bonds is 10. The van der Waals surface area contributed by atoms with Crippen molar-refractivity contribution in [2.75, 3.05) is 9.62 Å². The third-order valence-corrected chi connectivity index (χ3v) is 16.9. The molecule has 0 spiro atoms. The first kappa shape index (κ1) is 42.6. The predicted molar refractivity (Wildman–Crippen MR) is 319 cm³/mol. The number of imidazole rings is 1. The Hall–Kier alpha value is -7.47. The van der Waals surface area contributed by atoms with Crippen molar-refractivity contribution in [1.29, 1.82) is 0 Å². The number of ether oxygens (including phenoxy) is 1. The van der Waals surface area contributed by atoms with Crippen molar-refractivity contribution in [3.05, 3.63) is 221 Å². The Morgan fingerprint density at radius 3 is 1.87 bits per heavy atom. The molecule has 6 nitrogen and oxygen atoms in total. The first-order valence-corrected chi connectivity index (χ1v) is 27.6. The Balaban J connectivity index is 1.06. The molecule has 0 N–H and O–H groups in total. The summed E-state index contributed by atoms with van der Waals surface area (Å²) < 4.78 is 76.8. The van der Waals surface area contributed by atoms with Crippen molar-refractivity contribution in [2.24, 2.45) is 11.3 Å². The average molecular weight is 1190 g/mol. The summed E-state index contributed by atoms with van der Waals surface area (Å²) in [6.45, 7) is 21.0. The Bertz CT molecular complexity index is 4340. The van der Waals surface area contributed by atoms with Gasteiger partial charge in [-0.05, 0) is 17.7 Å². The molecule has 0 saturated carbocycles. The number of hydrogen-bond acceptors (Lipinski definition) is 4. The molecule has 8 aromatic carbocycles. The van der Waals surface area contributed by atoms with E-state index in [1.807, 2.05) is 68.4 Å². The number of anilines is 4.